The Kier molecular flexibility index (Phi) is 7.69. The van der Waals surface area contributed by atoms with E-state index in [0.29, 0.717) is 6.61 Å². The van der Waals surface area contributed by atoms with Crippen LogP contribution >= 0.6 is 0 Å². The third kappa shape index (κ3) is 5.76. The molecule has 0 bridgehead atoms. The van der Waals surface area contributed by atoms with Crippen LogP contribution in [0, 0.1) is 19.8 Å². The third-order valence-electron chi connectivity index (χ3n) is 6.77. The number of amides is 1. The zero-order valence-electron chi connectivity index (χ0n) is 20.3. The molecule has 4 rings (SSSR count). The predicted molar refractivity (Wildman–Crippen MR) is 134 cm³/mol. The molecule has 1 atom stereocenters. The molecule has 1 saturated carbocycles. The minimum atomic E-state index is -0.113. The summed E-state index contributed by atoms with van der Waals surface area (Å²) in [6, 6.07) is 14.4. The molecule has 0 radical (unpaired) electrons. The van der Waals surface area contributed by atoms with E-state index in [1.807, 2.05) is 12.1 Å². The summed E-state index contributed by atoms with van der Waals surface area (Å²) in [5.74, 6) is 2.24. The highest BCUT2D eigenvalue weighted by atomic mass is 16.5. The topological polar surface area (TPSA) is 56.1 Å². The number of benzene rings is 2. The zero-order chi connectivity index (χ0) is 23.2. The molecule has 0 aliphatic heterocycles. The van der Waals surface area contributed by atoms with Gasteiger partial charge in [-0.25, -0.2) is 4.98 Å². The molecular weight excluding hydrogens is 410 g/mol. The van der Waals surface area contributed by atoms with Gasteiger partial charge < -0.3 is 14.6 Å². The minimum Gasteiger partial charge on any atom is -0.493 e. The average Bonchev–Trinajstić information content (AvgIpc) is 3.19. The summed E-state index contributed by atoms with van der Waals surface area (Å²) >= 11 is 0. The summed E-state index contributed by atoms with van der Waals surface area (Å²) in [6.45, 7) is 7.80. The highest BCUT2D eigenvalue weighted by Crippen LogP contribution is 2.26. The quantitative estimate of drug-likeness (QED) is 0.393. The number of ether oxygens (including phenoxy) is 1. The van der Waals surface area contributed by atoms with Gasteiger partial charge in [-0.05, 0) is 70.2 Å². The smallest absolute Gasteiger partial charge is 0.223 e. The van der Waals surface area contributed by atoms with Crippen LogP contribution in [0.5, 0.6) is 5.75 Å². The van der Waals surface area contributed by atoms with Crippen LogP contribution in [0.15, 0.2) is 42.5 Å². The fourth-order valence-electron chi connectivity index (χ4n) is 4.94. The molecule has 1 amide bonds. The van der Waals surface area contributed by atoms with Gasteiger partial charge in [0.1, 0.15) is 11.6 Å². The third-order valence-corrected chi connectivity index (χ3v) is 6.77. The van der Waals surface area contributed by atoms with Crippen LogP contribution in [-0.4, -0.2) is 22.1 Å². The second-order valence-corrected chi connectivity index (χ2v) is 9.50. The first-order chi connectivity index (χ1) is 16.0. The molecule has 1 heterocycles. The Morgan fingerprint density at radius 1 is 1.12 bits per heavy atom. The summed E-state index contributed by atoms with van der Waals surface area (Å²) in [5.41, 5.74) is 4.55. The summed E-state index contributed by atoms with van der Waals surface area (Å²) in [7, 11) is 0. The maximum Gasteiger partial charge on any atom is 0.223 e. The molecular formula is C28H37N3O2. The Morgan fingerprint density at radius 3 is 2.70 bits per heavy atom. The van der Waals surface area contributed by atoms with Crippen molar-refractivity contribution in [3.05, 3.63) is 59.4 Å². The van der Waals surface area contributed by atoms with Crippen molar-refractivity contribution in [3.63, 3.8) is 0 Å². The number of hydrogen-bond donors (Lipinski definition) is 1. The second kappa shape index (κ2) is 10.9. The lowest BCUT2D eigenvalue weighted by atomic mass is 9.88. The SMILES string of the molecule is Cc1ccc(OCCCCn2c(C(C)NC(=O)C3CCCCC3)nc3ccccc32)c(C)c1. The molecule has 1 aromatic heterocycles. The highest BCUT2D eigenvalue weighted by molar-refractivity contribution is 5.80. The van der Waals surface area contributed by atoms with Crippen LogP contribution in [0.25, 0.3) is 11.0 Å². The number of aryl methyl sites for hydroxylation is 3. The number of nitrogens with one attached hydrogen (secondary N) is 1. The second-order valence-electron chi connectivity index (χ2n) is 9.50. The predicted octanol–water partition coefficient (Wildman–Crippen LogP) is 6.27. The molecule has 5 heteroatoms. The van der Waals surface area contributed by atoms with E-state index in [9.17, 15) is 4.79 Å². The first kappa shape index (κ1) is 23.3. The Hall–Kier alpha value is -2.82. The maximum absolute atomic E-state index is 12.8. The number of nitrogens with zero attached hydrogens (tertiary/aromatic N) is 2. The van der Waals surface area contributed by atoms with E-state index in [1.165, 1.54) is 17.5 Å². The largest absolute Gasteiger partial charge is 0.493 e. The van der Waals surface area contributed by atoms with E-state index in [-0.39, 0.29) is 17.9 Å². The summed E-state index contributed by atoms with van der Waals surface area (Å²) in [6.07, 6.45) is 7.54. The normalized spacial score (nSPS) is 15.5. The van der Waals surface area contributed by atoms with E-state index in [4.69, 9.17) is 9.72 Å². The number of para-hydroxylation sites is 2. The lowest BCUT2D eigenvalue weighted by Crippen LogP contribution is -2.35. The molecule has 5 nitrogen and oxygen atoms in total. The number of unbranched alkanes of at least 4 members (excludes halogenated alkanes) is 1. The van der Waals surface area contributed by atoms with Gasteiger partial charge >= 0.3 is 0 Å². The molecule has 176 valence electrons. The van der Waals surface area contributed by atoms with Gasteiger partial charge in [0, 0.05) is 12.5 Å². The van der Waals surface area contributed by atoms with Crippen molar-refractivity contribution >= 4 is 16.9 Å². The molecule has 0 saturated heterocycles. The molecule has 1 aliphatic carbocycles. The van der Waals surface area contributed by atoms with Crippen molar-refractivity contribution < 1.29 is 9.53 Å². The van der Waals surface area contributed by atoms with E-state index < -0.39 is 0 Å². The van der Waals surface area contributed by atoms with Gasteiger partial charge in [0.2, 0.25) is 5.91 Å². The number of fused-ring (bicyclic) bond motifs is 1. The van der Waals surface area contributed by atoms with Gasteiger partial charge in [0.25, 0.3) is 0 Å². The first-order valence-corrected chi connectivity index (χ1v) is 12.5. The fraction of sp³-hybridized carbons (Fsp3) is 0.500. The number of rotatable bonds is 9. The average molecular weight is 448 g/mol. The van der Waals surface area contributed by atoms with Crippen molar-refractivity contribution in [2.45, 2.75) is 78.3 Å². The number of carbonyl (C=O) groups is 1. The maximum atomic E-state index is 12.8. The highest BCUT2D eigenvalue weighted by Gasteiger charge is 2.24. The number of imidazole rings is 1. The molecule has 1 aliphatic rings. The Labute approximate surface area is 197 Å². The van der Waals surface area contributed by atoms with Gasteiger partial charge in [0.05, 0.1) is 23.7 Å². The minimum absolute atomic E-state index is 0.113. The lowest BCUT2D eigenvalue weighted by molar-refractivity contribution is -0.126. The first-order valence-electron chi connectivity index (χ1n) is 12.5. The molecule has 1 N–H and O–H groups in total. The molecule has 2 aromatic carbocycles. The number of carbonyl (C=O) groups excluding carboxylic acids is 1. The fourth-order valence-corrected chi connectivity index (χ4v) is 4.94. The summed E-state index contributed by atoms with van der Waals surface area (Å²) < 4.78 is 8.29. The van der Waals surface area contributed by atoms with Gasteiger partial charge in [-0.3, -0.25) is 4.79 Å². The van der Waals surface area contributed by atoms with Crippen LogP contribution in [0.3, 0.4) is 0 Å². The Balaban J connectivity index is 1.38. The van der Waals surface area contributed by atoms with Gasteiger partial charge in [-0.15, -0.1) is 0 Å². The molecule has 1 fully saturated rings. The number of aromatic nitrogens is 2. The summed E-state index contributed by atoms with van der Waals surface area (Å²) in [5, 5.41) is 3.25. The Morgan fingerprint density at radius 2 is 1.91 bits per heavy atom. The standard InChI is InChI=1S/C28H37N3O2/c1-20-15-16-26(21(2)19-20)33-18-10-9-17-31-25-14-8-7-13-24(25)30-27(31)22(3)29-28(32)23-11-5-4-6-12-23/h7-8,13-16,19,22-23H,4-6,9-12,17-18H2,1-3H3,(H,29,32). The van der Waals surface area contributed by atoms with E-state index in [1.54, 1.807) is 0 Å². The van der Waals surface area contributed by atoms with Gasteiger partial charge in [-0.2, -0.15) is 0 Å². The van der Waals surface area contributed by atoms with E-state index in [2.05, 4.69) is 61.0 Å². The van der Waals surface area contributed by atoms with E-state index in [0.717, 1.165) is 67.7 Å². The molecule has 0 spiro atoms. The zero-order valence-corrected chi connectivity index (χ0v) is 20.3. The summed E-state index contributed by atoms with van der Waals surface area (Å²) in [4.78, 5) is 17.7. The van der Waals surface area contributed by atoms with Crippen LogP contribution in [0.4, 0.5) is 0 Å². The van der Waals surface area contributed by atoms with Gasteiger partial charge in [-0.1, -0.05) is 49.1 Å². The van der Waals surface area contributed by atoms with Crippen LogP contribution in [-0.2, 0) is 11.3 Å². The Bertz CT molecular complexity index is 1080. The van der Waals surface area contributed by atoms with Gasteiger partial charge in [0.15, 0.2) is 0 Å². The van der Waals surface area contributed by atoms with Crippen LogP contribution in [0.2, 0.25) is 0 Å². The monoisotopic (exact) mass is 447 g/mol. The lowest BCUT2D eigenvalue weighted by Gasteiger charge is -2.23. The number of hydrogen-bond acceptors (Lipinski definition) is 3. The van der Waals surface area contributed by atoms with Crippen LogP contribution in [0.1, 0.15) is 74.9 Å². The molecule has 33 heavy (non-hydrogen) atoms. The van der Waals surface area contributed by atoms with Crippen molar-refractivity contribution in [2.24, 2.45) is 5.92 Å². The molecule has 1 unspecified atom stereocenters. The van der Waals surface area contributed by atoms with Crippen molar-refractivity contribution in [1.82, 2.24) is 14.9 Å². The van der Waals surface area contributed by atoms with Crippen molar-refractivity contribution in [2.75, 3.05) is 6.61 Å². The molecule has 3 aromatic rings. The van der Waals surface area contributed by atoms with Crippen molar-refractivity contribution in [3.8, 4) is 5.75 Å². The van der Waals surface area contributed by atoms with Crippen molar-refractivity contribution in [1.29, 1.82) is 0 Å². The van der Waals surface area contributed by atoms with Crippen LogP contribution < -0.4 is 10.1 Å². The van der Waals surface area contributed by atoms with E-state index >= 15 is 0 Å².